The predicted molar refractivity (Wildman–Crippen MR) is 84.1 cm³/mol. The third-order valence-corrected chi connectivity index (χ3v) is 3.47. The third-order valence-electron chi connectivity index (χ3n) is 3.47. The van der Waals surface area contributed by atoms with Gasteiger partial charge in [-0.05, 0) is 22.8 Å². The summed E-state index contributed by atoms with van der Waals surface area (Å²) >= 11 is 0. The molecule has 0 amide bonds. The number of nitrogens with one attached hydrogen (secondary N) is 1. The van der Waals surface area contributed by atoms with E-state index in [1.165, 1.54) is 16.3 Å². The van der Waals surface area contributed by atoms with Crippen LogP contribution in [0.2, 0.25) is 0 Å². The summed E-state index contributed by atoms with van der Waals surface area (Å²) in [6, 6.07) is 15.0. The molecule has 20 heavy (non-hydrogen) atoms. The minimum atomic E-state index is 0.841. The average molecular weight is 265 g/mol. The van der Waals surface area contributed by atoms with E-state index in [4.69, 9.17) is 0 Å². The van der Waals surface area contributed by atoms with Crippen LogP contribution in [-0.4, -0.2) is 16.1 Å². The molecule has 0 bridgehead atoms. The molecule has 2 aromatic carbocycles. The van der Waals surface area contributed by atoms with Crippen molar-refractivity contribution >= 4 is 16.7 Å². The van der Waals surface area contributed by atoms with Gasteiger partial charge in [0.15, 0.2) is 0 Å². The average Bonchev–Trinajstić information content (AvgIpc) is 2.93. The number of benzene rings is 2. The van der Waals surface area contributed by atoms with Crippen LogP contribution < -0.4 is 5.32 Å². The number of anilines is 1. The highest BCUT2D eigenvalue weighted by atomic mass is 15.2. The first kappa shape index (κ1) is 12.7. The Morgan fingerprint density at radius 2 is 1.95 bits per heavy atom. The Morgan fingerprint density at radius 1 is 1.10 bits per heavy atom. The second-order valence-corrected chi connectivity index (χ2v) is 4.94. The van der Waals surface area contributed by atoms with Crippen LogP contribution in [-0.2, 0) is 6.54 Å². The van der Waals surface area contributed by atoms with Crippen LogP contribution in [0.25, 0.3) is 10.8 Å². The summed E-state index contributed by atoms with van der Waals surface area (Å²) in [5.74, 6) is 0.944. The van der Waals surface area contributed by atoms with E-state index in [-0.39, 0.29) is 0 Å². The number of aromatic nitrogens is 2. The normalized spacial score (nSPS) is 10.8. The number of imidazole rings is 1. The molecule has 0 spiro atoms. The molecular formula is C17H19N3. The van der Waals surface area contributed by atoms with E-state index in [1.54, 1.807) is 0 Å². The smallest absolute Gasteiger partial charge is 0.203 e. The highest BCUT2D eigenvalue weighted by Crippen LogP contribution is 2.20. The maximum absolute atomic E-state index is 4.38. The lowest BCUT2D eigenvalue weighted by Crippen LogP contribution is -2.08. The van der Waals surface area contributed by atoms with E-state index < -0.39 is 0 Å². The Hall–Kier alpha value is -2.29. The first-order valence-corrected chi connectivity index (χ1v) is 7.10. The zero-order chi connectivity index (χ0) is 13.8. The minimum absolute atomic E-state index is 0.841. The van der Waals surface area contributed by atoms with Crippen molar-refractivity contribution in [1.82, 2.24) is 9.55 Å². The standard InChI is InChI=1S/C17H19N3/c1-2-10-18-17-19-11-12-20(17)13-15-8-5-7-14-6-3-4-9-16(14)15/h3-9,11-12H,2,10,13H2,1H3,(H,18,19). The van der Waals surface area contributed by atoms with Gasteiger partial charge in [0.2, 0.25) is 5.95 Å². The molecule has 0 aliphatic rings. The van der Waals surface area contributed by atoms with E-state index >= 15 is 0 Å². The largest absolute Gasteiger partial charge is 0.356 e. The van der Waals surface area contributed by atoms with Crippen molar-refractivity contribution in [3.63, 3.8) is 0 Å². The van der Waals surface area contributed by atoms with Crippen molar-refractivity contribution < 1.29 is 0 Å². The highest BCUT2D eigenvalue weighted by Gasteiger charge is 2.05. The third kappa shape index (κ3) is 2.52. The molecule has 1 heterocycles. The lowest BCUT2D eigenvalue weighted by atomic mass is 10.0. The van der Waals surface area contributed by atoms with Crippen molar-refractivity contribution in [2.45, 2.75) is 19.9 Å². The number of fused-ring (bicyclic) bond motifs is 1. The SMILES string of the molecule is CCCNc1nccn1Cc1cccc2ccccc12. The van der Waals surface area contributed by atoms with Crippen LogP contribution in [0.1, 0.15) is 18.9 Å². The van der Waals surface area contributed by atoms with Gasteiger partial charge in [0.05, 0.1) is 6.54 Å². The molecule has 1 aromatic heterocycles. The molecule has 0 aliphatic carbocycles. The van der Waals surface area contributed by atoms with Crippen LogP contribution in [0.5, 0.6) is 0 Å². The van der Waals surface area contributed by atoms with Crippen molar-refractivity contribution in [3.8, 4) is 0 Å². The lowest BCUT2D eigenvalue weighted by molar-refractivity contribution is 0.797. The molecule has 0 radical (unpaired) electrons. The van der Waals surface area contributed by atoms with Gasteiger partial charge in [-0.25, -0.2) is 4.98 Å². The van der Waals surface area contributed by atoms with E-state index in [0.29, 0.717) is 0 Å². The summed E-state index contributed by atoms with van der Waals surface area (Å²) < 4.78 is 2.16. The van der Waals surface area contributed by atoms with E-state index in [1.807, 2.05) is 12.4 Å². The summed E-state index contributed by atoms with van der Waals surface area (Å²) in [6.07, 6.45) is 4.98. The molecule has 102 valence electrons. The van der Waals surface area contributed by atoms with Crippen LogP contribution in [0.4, 0.5) is 5.95 Å². The van der Waals surface area contributed by atoms with Crippen LogP contribution in [0.3, 0.4) is 0 Å². The van der Waals surface area contributed by atoms with Gasteiger partial charge in [0, 0.05) is 18.9 Å². The van der Waals surface area contributed by atoms with Gasteiger partial charge in [-0.1, -0.05) is 49.4 Å². The summed E-state index contributed by atoms with van der Waals surface area (Å²) in [6.45, 7) is 3.95. The van der Waals surface area contributed by atoms with Crippen molar-refractivity contribution in [2.75, 3.05) is 11.9 Å². The maximum Gasteiger partial charge on any atom is 0.203 e. The number of hydrogen-bond donors (Lipinski definition) is 1. The van der Waals surface area contributed by atoms with Crippen LogP contribution in [0.15, 0.2) is 54.9 Å². The van der Waals surface area contributed by atoms with Gasteiger partial charge in [-0.15, -0.1) is 0 Å². The van der Waals surface area contributed by atoms with Crippen LogP contribution >= 0.6 is 0 Å². The Labute approximate surface area is 119 Å². The zero-order valence-electron chi connectivity index (χ0n) is 11.7. The van der Waals surface area contributed by atoms with E-state index in [2.05, 4.69) is 64.3 Å². The second-order valence-electron chi connectivity index (χ2n) is 4.94. The molecule has 0 saturated carbocycles. The van der Waals surface area contributed by atoms with Crippen molar-refractivity contribution in [3.05, 3.63) is 60.4 Å². The molecular weight excluding hydrogens is 246 g/mol. The predicted octanol–water partition coefficient (Wildman–Crippen LogP) is 3.91. The second kappa shape index (κ2) is 5.78. The molecule has 3 aromatic rings. The van der Waals surface area contributed by atoms with E-state index in [9.17, 15) is 0 Å². The Kier molecular flexibility index (Phi) is 3.68. The van der Waals surface area contributed by atoms with Gasteiger partial charge in [0.25, 0.3) is 0 Å². The Balaban J connectivity index is 1.92. The van der Waals surface area contributed by atoms with Gasteiger partial charge in [0.1, 0.15) is 0 Å². The summed E-state index contributed by atoms with van der Waals surface area (Å²) in [5, 5.41) is 5.96. The summed E-state index contributed by atoms with van der Waals surface area (Å²) in [5.41, 5.74) is 1.32. The first-order valence-electron chi connectivity index (χ1n) is 7.10. The fourth-order valence-electron chi connectivity index (χ4n) is 2.45. The van der Waals surface area contributed by atoms with E-state index in [0.717, 1.165) is 25.5 Å². The van der Waals surface area contributed by atoms with Gasteiger partial charge >= 0.3 is 0 Å². The molecule has 0 saturated heterocycles. The molecule has 0 fully saturated rings. The lowest BCUT2D eigenvalue weighted by Gasteiger charge is -2.11. The summed E-state index contributed by atoms with van der Waals surface area (Å²) in [7, 11) is 0. The fourth-order valence-corrected chi connectivity index (χ4v) is 2.45. The molecule has 3 rings (SSSR count). The molecule has 3 nitrogen and oxygen atoms in total. The zero-order valence-corrected chi connectivity index (χ0v) is 11.7. The molecule has 0 atom stereocenters. The van der Waals surface area contributed by atoms with Crippen molar-refractivity contribution in [1.29, 1.82) is 0 Å². The topological polar surface area (TPSA) is 29.9 Å². The van der Waals surface area contributed by atoms with Gasteiger partial charge < -0.3 is 9.88 Å². The fraction of sp³-hybridized carbons (Fsp3) is 0.235. The Bertz CT molecular complexity index is 695. The quantitative estimate of drug-likeness (QED) is 0.758. The number of nitrogens with zero attached hydrogens (tertiary/aromatic N) is 2. The molecule has 1 N–H and O–H groups in total. The van der Waals surface area contributed by atoms with Crippen LogP contribution in [0, 0.1) is 0 Å². The first-order chi connectivity index (χ1) is 9.88. The minimum Gasteiger partial charge on any atom is -0.356 e. The monoisotopic (exact) mass is 265 g/mol. The molecule has 0 aliphatic heterocycles. The summed E-state index contributed by atoms with van der Waals surface area (Å²) in [4.78, 5) is 4.38. The Morgan fingerprint density at radius 3 is 2.85 bits per heavy atom. The number of hydrogen-bond acceptors (Lipinski definition) is 2. The van der Waals surface area contributed by atoms with Gasteiger partial charge in [-0.3, -0.25) is 0 Å². The molecule has 0 unspecified atom stereocenters. The highest BCUT2D eigenvalue weighted by molar-refractivity contribution is 5.85. The molecule has 3 heteroatoms. The van der Waals surface area contributed by atoms with Crippen molar-refractivity contribution in [2.24, 2.45) is 0 Å². The number of rotatable bonds is 5. The van der Waals surface area contributed by atoms with Gasteiger partial charge in [-0.2, -0.15) is 0 Å². The maximum atomic E-state index is 4.38.